The molecule has 12 heteroatoms. The predicted octanol–water partition coefficient (Wildman–Crippen LogP) is 1.35. The minimum atomic E-state index is -3.55. The first-order chi connectivity index (χ1) is 14.8. The van der Waals surface area contributed by atoms with Gasteiger partial charge in [0.25, 0.3) is 11.1 Å². The highest BCUT2D eigenvalue weighted by atomic mass is 32.2. The Morgan fingerprint density at radius 3 is 2.45 bits per heavy atom. The molecule has 0 spiro atoms. The number of aromatic nitrogens is 2. The fourth-order valence-electron chi connectivity index (χ4n) is 2.97. The number of thioether (sulfide) groups is 1. The lowest BCUT2D eigenvalue weighted by atomic mass is 10.1. The predicted molar refractivity (Wildman–Crippen MR) is 114 cm³/mol. The Kier molecular flexibility index (Phi) is 7.68. The van der Waals surface area contributed by atoms with Gasteiger partial charge in [-0.25, -0.2) is 12.7 Å². The van der Waals surface area contributed by atoms with Gasteiger partial charge in [0, 0.05) is 32.7 Å². The van der Waals surface area contributed by atoms with Gasteiger partial charge in [-0.3, -0.25) is 9.59 Å². The van der Waals surface area contributed by atoms with Crippen LogP contribution in [0.2, 0.25) is 0 Å². The molecule has 1 fully saturated rings. The van der Waals surface area contributed by atoms with E-state index in [0.29, 0.717) is 5.56 Å². The summed E-state index contributed by atoms with van der Waals surface area (Å²) in [6, 6.07) is 5.64. The highest BCUT2D eigenvalue weighted by Gasteiger charge is 2.19. The number of carbonyl (C=O) groups excluding carboxylic acids is 2. The second-order valence-corrected chi connectivity index (χ2v) is 10.3. The average Bonchev–Trinajstić information content (AvgIpc) is 3.24. The van der Waals surface area contributed by atoms with Crippen molar-refractivity contribution < 1.29 is 22.4 Å². The molecule has 10 nitrogen and oxygen atoms in total. The van der Waals surface area contributed by atoms with E-state index in [-0.39, 0.29) is 34.2 Å². The number of hydrogen-bond donors (Lipinski definition) is 1. The summed E-state index contributed by atoms with van der Waals surface area (Å²) >= 11 is 1.17. The molecule has 0 aliphatic carbocycles. The smallest absolute Gasteiger partial charge is 0.277 e. The number of sulfonamides is 1. The van der Waals surface area contributed by atoms with E-state index in [1.165, 1.54) is 50.1 Å². The molecule has 0 bridgehead atoms. The van der Waals surface area contributed by atoms with Gasteiger partial charge in [0.15, 0.2) is 0 Å². The molecular weight excluding hydrogens is 442 g/mol. The van der Waals surface area contributed by atoms with Gasteiger partial charge in [0.2, 0.25) is 21.8 Å². The number of amides is 2. The van der Waals surface area contributed by atoms with Gasteiger partial charge in [0.1, 0.15) is 0 Å². The average molecular weight is 468 g/mol. The molecule has 2 amide bonds. The van der Waals surface area contributed by atoms with Gasteiger partial charge in [-0.15, -0.1) is 10.2 Å². The summed E-state index contributed by atoms with van der Waals surface area (Å²) in [4.78, 5) is 26.4. The van der Waals surface area contributed by atoms with E-state index in [9.17, 15) is 18.0 Å². The Hall–Kier alpha value is -2.44. The third-order valence-corrected chi connectivity index (χ3v) is 7.40. The van der Waals surface area contributed by atoms with Gasteiger partial charge in [0.05, 0.1) is 17.2 Å². The molecule has 1 aromatic heterocycles. The van der Waals surface area contributed by atoms with E-state index in [2.05, 4.69) is 15.5 Å². The van der Waals surface area contributed by atoms with Crippen molar-refractivity contribution in [2.45, 2.75) is 35.9 Å². The highest BCUT2D eigenvalue weighted by Crippen LogP contribution is 2.18. The third kappa shape index (κ3) is 6.05. The number of likely N-dealkylation sites (tertiary alicyclic amines) is 1. The number of benzene rings is 1. The summed E-state index contributed by atoms with van der Waals surface area (Å²) < 4.78 is 30.7. The van der Waals surface area contributed by atoms with Crippen LogP contribution in [0.4, 0.5) is 0 Å². The summed E-state index contributed by atoms with van der Waals surface area (Å²) in [5.74, 6) is 0.1000. The van der Waals surface area contributed by atoms with E-state index >= 15 is 0 Å². The SMILES string of the molecule is CN(C)S(=O)(=O)c1ccc(C(=O)NCc2nnc(SCC(=O)N3CCCCC3)o2)cc1. The quantitative estimate of drug-likeness (QED) is 0.577. The molecule has 3 rings (SSSR count). The summed E-state index contributed by atoms with van der Waals surface area (Å²) in [5.41, 5.74) is 0.305. The van der Waals surface area contributed by atoms with Crippen LogP contribution < -0.4 is 5.32 Å². The number of hydrogen-bond acceptors (Lipinski definition) is 8. The Morgan fingerprint density at radius 2 is 1.81 bits per heavy atom. The lowest BCUT2D eigenvalue weighted by molar-refractivity contribution is -0.129. The van der Waals surface area contributed by atoms with E-state index in [1.54, 1.807) is 0 Å². The topological polar surface area (TPSA) is 126 Å². The van der Waals surface area contributed by atoms with E-state index < -0.39 is 15.9 Å². The summed E-state index contributed by atoms with van der Waals surface area (Å²) in [6.07, 6.45) is 3.24. The van der Waals surface area contributed by atoms with Crippen LogP contribution in [0.3, 0.4) is 0 Å². The van der Waals surface area contributed by atoms with Crippen LogP contribution >= 0.6 is 11.8 Å². The van der Waals surface area contributed by atoms with E-state index in [4.69, 9.17) is 4.42 Å². The molecule has 1 aromatic carbocycles. The Balaban J connectivity index is 1.48. The zero-order valence-corrected chi connectivity index (χ0v) is 19.0. The maximum atomic E-state index is 12.3. The zero-order chi connectivity index (χ0) is 22.4. The maximum Gasteiger partial charge on any atom is 0.277 e. The zero-order valence-electron chi connectivity index (χ0n) is 17.4. The van der Waals surface area contributed by atoms with Crippen LogP contribution in [0.15, 0.2) is 38.8 Å². The maximum absolute atomic E-state index is 12.3. The van der Waals surface area contributed by atoms with Crippen LogP contribution in [0.1, 0.15) is 35.5 Å². The molecule has 0 radical (unpaired) electrons. The van der Waals surface area contributed by atoms with Crippen LogP contribution in [-0.2, 0) is 21.4 Å². The molecule has 1 saturated heterocycles. The first-order valence-electron chi connectivity index (χ1n) is 9.81. The Bertz CT molecular complexity index is 1010. The number of nitrogens with zero attached hydrogens (tertiary/aromatic N) is 4. The minimum absolute atomic E-state index is 0.0181. The summed E-state index contributed by atoms with van der Waals surface area (Å²) in [7, 11) is -0.670. The summed E-state index contributed by atoms with van der Waals surface area (Å²) in [5, 5.41) is 10.7. The fourth-order valence-corrected chi connectivity index (χ4v) is 4.56. The Labute approximate surface area is 185 Å². The first-order valence-corrected chi connectivity index (χ1v) is 12.2. The van der Waals surface area contributed by atoms with Crippen molar-refractivity contribution in [3.8, 4) is 0 Å². The molecule has 1 aliphatic rings. The molecule has 1 N–H and O–H groups in total. The number of rotatable bonds is 8. The second-order valence-electron chi connectivity index (χ2n) is 7.19. The monoisotopic (exact) mass is 467 g/mol. The van der Waals surface area contributed by atoms with Crippen molar-refractivity contribution in [2.24, 2.45) is 0 Å². The number of nitrogens with one attached hydrogen (secondary N) is 1. The van der Waals surface area contributed by atoms with Crippen LogP contribution in [0, 0.1) is 0 Å². The van der Waals surface area contributed by atoms with Gasteiger partial charge in [-0.2, -0.15) is 0 Å². The molecule has 168 valence electrons. The molecule has 2 aromatic rings. The highest BCUT2D eigenvalue weighted by molar-refractivity contribution is 7.99. The van der Waals surface area contributed by atoms with Crippen molar-refractivity contribution in [3.05, 3.63) is 35.7 Å². The van der Waals surface area contributed by atoms with Crippen LogP contribution in [0.25, 0.3) is 0 Å². The van der Waals surface area contributed by atoms with Crippen molar-refractivity contribution in [1.29, 1.82) is 0 Å². The molecule has 0 atom stereocenters. The van der Waals surface area contributed by atoms with Crippen molar-refractivity contribution in [2.75, 3.05) is 32.9 Å². The molecule has 2 heterocycles. The number of piperidine rings is 1. The van der Waals surface area contributed by atoms with Crippen molar-refractivity contribution in [1.82, 2.24) is 24.7 Å². The largest absolute Gasteiger partial charge is 0.414 e. The van der Waals surface area contributed by atoms with Gasteiger partial charge >= 0.3 is 0 Å². The van der Waals surface area contributed by atoms with Crippen LogP contribution in [0.5, 0.6) is 0 Å². The van der Waals surface area contributed by atoms with Crippen molar-refractivity contribution >= 4 is 33.6 Å². The molecule has 0 saturated carbocycles. The van der Waals surface area contributed by atoms with Gasteiger partial charge < -0.3 is 14.6 Å². The molecule has 0 unspecified atom stereocenters. The van der Waals surface area contributed by atoms with Crippen LogP contribution in [-0.4, -0.2) is 72.6 Å². The fraction of sp³-hybridized carbons (Fsp3) is 0.474. The third-order valence-electron chi connectivity index (χ3n) is 4.77. The van der Waals surface area contributed by atoms with Gasteiger partial charge in [-0.05, 0) is 43.5 Å². The number of carbonyl (C=O) groups is 2. The lowest BCUT2D eigenvalue weighted by Gasteiger charge is -2.26. The van der Waals surface area contributed by atoms with Crippen molar-refractivity contribution in [3.63, 3.8) is 0 Å². The normalized spacial score (nSPS) is 14.6. The first kappa shape index (κ1) is 23.2. The van der Waals surface area contributed by atoms with E-state index in [0.717, 1.165) is 36.7 Å². The standard InChI is InChI=1S/C19H25N5O5S2/c1-23(2)31(27,28)15-8-6-14(7-9-15)18(26)20-12-16-21-22-19(29-16)30-13-17(25)24-10-4-3-5-11-24/h6-9H,3-5,10-13H2,1-2H3,(H,20,26). The minimum Gasteiger partial charge on any atom is -0.414 e. The van der Waals surface area contributed by atoms with E-state index in [1.807, 2.05) is 4.90 Å². The molecule has 31 heavy (non-hydrogen) atoms. The lowest BCUT2D eigenvalue weighted by Crippen LogP contribution is -2.36. The molecule has 1 aliphatic heterocycles. The Morgan fingerprint density at radius 1 is 1.13 bits per heavy atom. The second kappa shape index (κ2) is 10.2. The molecular formula is C19H25N5O5S2. The summed E-state index contributed by atoms with van der Waals surface area (Å²) in [6.45, 7) is 1.61. The van der Waals surface area contributed by atoms with Gasteiger partial charge in [-0.1, -0.05) is 11.8 Å².